The molecule has 0 fully saturated rings. The van der Waals surface area contributed by atoms with Crippen LogP contribution in [0.5, 0.6) is 0 Å². The van der Waals surface area contributed by atoms with Gasteiger partial charge < -0.3 is 18.6 Å². The van der Waals surface area contributed by atoms with Gasteiger partial charge in [-0.15, -0.1) is 0 Å². The summed E-state index contributed by atoms with van der Waals surface area (Å²) in [5.41, 5.74) is 0. The molecule has 0 spiro atoms. The van der Waals surface area contributed by atoms with Crippen LogP contribution in [0.15, 0.2) is 0 Å². The Hall–Kier alpha value is 0.0569. The van der Waals surface area contributed by atoms with Crippen LogP contribution in [0, 0.1) is 0 Å². The van der Waals surface area contributed by atoms with Gasteiger partial charge in [0, 0.05) is 19.8 Å². The normalized spacial score (nSPS) is 12.0. The van der Waals surface area contributed by atoms with Crippen molar-refractivity contribution in [2.45, 2.75) is 27.7 Å². The van der Waals surface area contributed by atoms with E-state index in [1.54, 1.807) is 0 Å². The Labute approximate surface area is 88.3 Å². The van der Waals surface area contributed by atoms with Gasteiger partial charge in [0.15, 0.2) is 0 Å². The topological polar surface area (TPSA) is 39.7 Å². The fraction of sp³-hybridized carbons (Fsp3) is 1.00. The fourth-order valence-electron chi connectivity index (χ4n) is 1.22. The third kappa shape index (κ3) is 5.07. The van der Waals surface area contributed by atoms with Crippen molar-refractivity contribution >= 4 is 8.80 Å². The average molecular weight is 221 g/mol. The lowest BCUT2D eigenvalue weighted by molar-refractivity contribution is 0.0703. The zero-order valence-electron chi connectivity index (χ0n) is 9.76. The van der Waals surface area contributed by atoms with Crippen molar-refractivity contribution in [1.82, 2.24) is 5.32 Å². The summed E-state index contributed by atoms with van der Waals surface area (Å²) in [6, 6.07) is 0. The van der Waals surface area contributed by atoms with Crippen molar-refractivity contribution in [3.63, 3.8) is 0 Å². The first-order chi connectivity index (χ1) is 6.74. The third-order valence-corrected chi connectivity index (χ3v) is 4.55. The smallest absolute Gasteiger partial charge is 0.373 e. The first kappa shape index (κ1) is 14.1. The maximum absolute atomic E-state index is 5.64. The molecule has 0 aromatic rings. The second-order valence-electron chi connectivity index (χ2n) is 2.76. The van der Waals surface area contributed by atoms with Gasteiger partial charge in [0.05, 0.1) is 6.17 Å². The minimum absolute atomic E-state index is 0.637. The molecule has 0 bridgehead atoms. The lowest BCUT2D eigenvalue weighted by Crippen LogP contribution is -2.54. The molecule has 0 amide bonds. The van der Waals surface area contributed by atoms with Crippen LogP contribution in [0.4, 0.5) is 0 Å². The fourth-order valence-corrected chi connectivity index (χ4v) is 3.65. The SMILES string of the molecule is CCNC[Si](OCC)(OCC)OCC. The number of hydrogen-bond donors (Lipinski definition) is 1. The maximum atomic E-state index is 5.64. The molecule has 86 valence electrons. The van der Waals surface area contributed by atoms with E-state index < -0.39 is 8.80 Å². The molecular weight excluding hydrogens is 198 g/mol. The van der Waals surface area contributed by atoms with Crippen LogP contribution in [0.25, 0.3) is 0 Å². The lowest BCUT2D eigenvalue weighted by atomic mass is 10.8. The minimum atomic E-state index is -2.43. The molecule has 0 aromatic heterocycles. The standard InChI is InChI=1S/C9H23NO3Si/c1-5-10-9-14(11-6-2,12-7-3)13-8-4/h10H,5-9H2,1-4H3. The van der Waals surface area contributed by atoms with Crippen molar-refractivity contribution in [1.29, 1.82) is 0 Å². The molecular formula is C9H23NO3Si. The van der Waals surface area contributed by atoms with Crippen molar-refractivity contribution in [3.05, 3.63) is 0 Å². The molecule has 0 saturated carbocycles. The Morgan fingerprint density at radius 2 is 1.29 bits per heavy atom. The predicted molar refractivity (Wildman–Crippen MR) is 59.2 cm³/mol. The Bertz CT molecular complexity index is 118. The average Bonchev–Trinajstić information content (AvgIpc) is 2.16. The van der Waals surface area contributed by atoms with Crippen LogP contribution in [0.3, 0.4) is 0 Å². The van der Waals surface area contributed by atoms with Gasteiger partial charge in [-0.3, -0.25) is 0 Å². The Kier molecular flexibility index (Phi) is 8.41. The van der Waals surface area contributed by atoms with E-state index in [1.165, 1.54) is 0 Å². The van der Waals surface area contributed by atoms with Crippen LogP contribution in [0.2, 0.25) is 0 Å². The molecule has 0 radical (unpaired) electrons. The van der Waals surface area contributed by atoms with E-state index in [0.717, 1.165) is 6.54 Å². The molecule has 1 N–H and O–H groups in total. The number of rotatable bonds is 9. The van der Waals surface area contributed by atoms with Gasteiger partial charge in [-0.25, -0.2) is 0 Å². The molecule has 4 nitrogen and oxygen atoms in total. The van der Waals surface area contributed by atoms with E-state index in [0.29, 0.717) is 26.0 Å². The highest BCUT2D eigenvalue weighted by Gasteiger charge is 2.39. The Balaban J connectivity index is 4.21. The van der Waals surface area contributed by atoms with Crippen LogP contribution < -0.4 is 5.32 Å². The first-order valence-corrected chi connectivity index (χ1v) is 7.30. The van der Waals surface area contributed by atoms with E-state index in [-0.39, 0.29) is 0 Å². The number of nitrogens with one attached hydrogen (secondary N) is 1. The van der Waals surface area contributed by atoms with Crippen molar-refractivity contribution < 1.29 is 13.3 Å². The second-order valence-corrected chi connectivity index (χ2v) is 5.35. The highest BCUT2D eigenvalue weighted by atomic mass is 28.4. The first-order valence-electron chi connectivity index (χ1n) is 5.37. The van der Waals surface area contributed by atoms with Gasteiger partial charge in [-0.1, -0.05) is 6.92 Å². The second kappa shape index (κ2) is 8.37. The molecule has 0 aromatic carbocycles. The van der Waals surface area contributed by atoms with E-state index in [9.17, 15) is 0 Å². The molecule has 0 rings (SSSR count). The van der Waals surface area contributed by atoms with Crippen molar-refractivity contribution in [2.24, 2.45) is 0 Å². The van der Waals surface area contributed by atoms with Gasteiger partial charge >= 0.3 is 8.80 Å². The van der Waals surface area contributed by atoms with Gasteiger partial charge in [0.2, 0.25) is 0 Å². The molecule has 0 saturated heterocycles. The van der Waals surface area contributed by atoms with E-state index in [2.05, 4.69) is 12.2 Å². The van der Waals surface area contributed by atoms with Gasteiger partial charge in [-0.05, 0) is 27.3 Å². The molecule has 0 aliphatic carbocycles. The number of hydrogen-bond acceptors (Lipinski definition) is 4. The zero-order chi connectivity index (χ0) is 10.9. The van der Waals surface area contributed by atoms with Gasteiger partial charge in [0.25, 0.3) is 0 Å². The monoisotopic (exact) mass is 221 g/mol. The molecule has 14 heavy (non-hydrogen) atoms. The molecule has 0 aliphatic rings. The summed E-state index contributed by atoms with van der Waals surface area (Å²) in [6.07, 6.45) is 0.693. The van der Waals surface area contributed by atoms with Crippen LogP contribution in [0.1, 0.15) is 27.7 Å². The summed E-state index contributed by atoms with van der Waals surface area (Å²) in [5.74, 6) is 0. The summed E-state index contributed by atoms with van der Waals surface area (Å²) in [6.45, 7) is 10.8. The Morgan fingerprint density at radius 3 is 1.57 bits per heavy atom. The molecule has 5 heteroatoms. The maximum Gasteiger partial charge on any atom is 0.515 e. The highest BCUT2D eigenvalue weighted by molar-refractivity contribution is 6.60. The predicted octanol–water partition coefficient (Wildman–Crippen LogP) is 1.18. The van der Waals surface area contributed by atoms with Crippen LogP contribution >= 0.6 is 0 Å². The summed E-state index contributed by atoms with van der Waals surface area (Å²) >= 11 is 0. The van der Waals surface area contributed by atoms with Crippen LogP contribution in [-0.2, 0) is 13.3 Å². The molecule has 0 atom stereocenters. The summed E-state index contributed by atoms with van der Waals surface area (Å²) in [7, 11) is -2.43. The third-order valence-electron chi connectivity index (χ3n) is 1.68. The van der Waals surface area contributed by atoms with Crippen molar-refractivity contribution in [3.8, 4) is 0 Å². The molecule has 0 unspecified atom stereocenters. The van der Waals surface area contributed by atoms with Gasteiger partial charge in [0.1, 0.15) is 0 Å². The minimum Gasteiger partial charge on any atom is -0.373 e. The van der Waals surface area contributed by atoms with Gasteiger partial charge in [-0.2, -0.15) is 0 Å². The zero-order valence-corrected chi connectivity index (χ0v) is 10.8. The quantitative estimate of drug-likeness (QED) is 0.594. The summed E-state index contributed by atoms with van der Waals surface area (Å²) in [4.78, 5) is 0. The van der Waals surface area contributed by atoms with Crippen LogP contribution in [-0.4, -0.2) is 41.3 Å². The van der Waals surface area contributed by atoms with Crippen molar-refractivity contribution in [2.75, 3.05) is 32.5 Å². The van der Waals surface area contributed by atoms with E-state index in [4.69, 9.17) is 13.3 Å². The largest absolute Gasteiger partial charge is 0.515 e. The highest BCUT2D eigenvalue weighted by Crippen LogP contribution is 2.08. The summed E-state index contributed by atoms with van der Waals surface area (Å²) < 4.78 is 16.9. The molecule has 0 aliphatic heterocycles. The van der Waals surface area contributed by atoms with E-state index >= 15 is 0 Å². The summed E-state index contributed by atoms with van der Waals surface area (Å²) in [5, 5.41) is 3.23. The Morgan fingerprint density at radius 1 is 0.857 bits per heavy atom. The molecule has 0 heterocycles. The van der Waals surface area contributed by atoms with E-state index in [1.807, 2.05) is 20.8 Å². The lowest BCUT2D eigenvalue weighted by Gasteiger charge is -2.28.